The second kappa shape index (κ2) is 4.47. The van der Waals surface area contributed by atoms with Crippen molar-refractivity contribution in [1.29, 1.82) is 0 Å². The lowest BCUT2D eigenvalue weighted by molar-refractivity contribution is 0.248. The molecule has 0 radical (unpaired) electrons. The molecule has 0 aliphatic rings. The average Bonchev–Trinajstić information content (AvgIpc) is 2.69. The molecular formula is C12H16N2O. The Kier molecular flexibility index (Phi) is 3.04. The third kappa shape index (κ3) is 2.03. The summed E-state index contributed by atoms with van der Waals surface area (Å²) in [6.45, 7) is 0.163. The molecule has 0 spiro atoms. The van der Waals surface area contributed by atoms with E-state index in [1.54, 1.807) is 0 Å². The Morgan fingerprint density at radius 2 is 2.20 bits per heavy atom. The van der Waals surface area contributed by atoms with Crippen molar-refractivity contribution in [3.8, 4) is 0 Å². The molecule has 3 N–H and O–H groups in total. The van der Waals surface area contributed by atoms with E-state index in [4.69, 9.17) is 5.11 Å². The zero-order valence-electron chi connectivity index (χ0n) is 8.83. The lowest BCUT2D eigenvalue weighted by Gasteiger charge is -2.11. The van der Waals surface area contributed by atoms with Crippen LogP contribution >= 0.6 is 0 Å². The van der Waals surface area contributed by atoms with Gasteiger partial charge in [0.05, 0.1) is 6.61 Å². The van der Waals surface area contributed by atoms with Gasteiger partial charge in [-0.1, -0.05) is 18.2 Å². The van der Waals surface area contributed by atoms with Gasteiger partial charge in [-0.2, -0.15) is 0 Å². The molecule has 15 heavy (non-hydrogen) atoms. The molecule has 3 heteroatoms. The second-order valence-corrected chi connectivity index (χ2v) is 3.73. The van der Waals surface area contributed by atoms with E-state index in [1.807, 2.05) is 25.4 Å². The number of hydrogen-bond donors (Lipinski definition) is 3. The molecule has 0 aliphatic heterocycles. The number of nitrogens with one attached hydrogen (secondary N) is 2. The highest BCUT2D eigenvalue weighted by Gasteiger charge is 2.09. The van der Waals surface area contributed by atoms with Crippen LogP contribution in [0.15, 0.2) is 30.5 Å². The van der Waals surface area contributed by atoms with E-state index in [1.165, 1.54) is 10.9 Å². The summed E-state index contributed by atoms with van der Waals surface area (Å²) in [5.41, 5.74) is 2.40. The van der Waals surface area contributed by atoms with Crippen LogP contribution in [-0.2, 0) is 6.42 Å². The lowest BCUT2D eigenvalue weighted by Crippen LogP contribution is -2.31. The van der Waals surface area contributed by atoms with Gasteiger partial charge in [0.25, 0.3) is 0 Å². The highest BCUT2D eigenvalue weighted by atomic mass is 16.3. The molecule has 0 aliphatic carbocycles. The van der Waals surface area contributed by atoms with E-state index in [-0.39, 0.29) is 12.6 Å². The third-order valence-electron chi connectivity index (χ3n) is 2.77. The van der Waals surface area contributed by atoms with Gasteiger partial charge in [-0.3, -0.25) is 0 Å². The topological polar surface area (TPSA) is 48.0 Å². The van der Waals surface area contributed by atoms with Gasteiger partial charge in [0, 0.05) is 23.1 Å². The number of benzene rings is 1. The van der Waals surface area contributed by atoms with E-state index in [0.29, 0.717) is 0 Å². The van der Waals surface area contributed by atoms with Crippen LogP contribution in [0.5, 0.6) is 0 Å². The van der Waals surface area contributed by atoms with Crippen molar-refractivity contribution in [1.82, 2.24) is 10.3 Å². The largest absolute Gasteiger partial charge is 0.395 e. The van der Waals surface area contributed by atoms with Crippen molar-refractivity contribution >= 4 is 10.9 Å². The van der Waals surface area contributed by atoms with Gasteiger partial charge in [0.15, 0.2) is 0 Å². The molecule has 0 bridgehead atoms. The maximum Gasteiger partial charge on any atom is 0.0587 e. The Morgan fingerprint density at radius 3 is 2.93 bits per heavy atom. The number of aliphatic hydroxyl groups is 1. The van der Waals surface area contributed by atoms with Crippen molar-refractivity contribution in [2.45, 2.75) is 12.5 Å². The first kappa shape index (κ1) is 10.2. The Bertz CT molecular complexity index is 432. The molecule has 1 heterocycles. The number of aromatic amines is 1. The van der Waals surface area contributed by atoms with Gasteiger partial charge < -0.3 is 15.4 Å². The molecule has 0 unspecified atom stereocenters. The van der Waals surface area contributed by atoms with Crippen molar-refractivity contribution in [3.05, 3.63) is 36.0 Å². The number of aromatic nitrogens is 1. The first-order valence-corrected chi connectivity index (χ1v) is 5.18. The van der Waals surface area contributed by atoms with Gasteiger partial charge in [0.1, 0.15) is 0 Å². The summed E-state index contributed by atoms with van der Waals surface area (Å²) in [7, 11) is 1.87. The molecule has 0 amide bonds. The number of hydrogen-bond acceptors (Lipinski definition) is 2. The molecule has 2 rings (SSSR count). The molecule has 1 aromatic carbocycles. The predicted molar refractivity (Wildman–Crippen MR) is 61.9 cm³/mol. The fourth-order valence-electron chi connectivity index (χ4n) is 1.82. The minimum atomic E-state index is 0.129. The quantitative estimate of drug-likeness (QED) is 0.703. The van der Waals surface area contributed by atoms with Crippen molar-refractivity contribution in [2.75, 3.05) is 13.7 Å². The van der Waals surface area contributed by atoms with E-state index >= 15 is 0 Å². The zero-order chi connectivity index (χ0) is 10.7. The van der Waals surface area contributed by atoms with Gasteiger partial charge in [-0.05, 0) is 25.1 Å². The van der Waals surface area contributed by atoms with Crippen LogP contribution < -0.4 is 5.32 Å². The van der Waals surface area contributed by atoms with Gasteiger partial charge >= 0.3 is 0 Å². The van der Waals surface area contributed by atoms with Crippen molar-refractivity contribution in [3.63, 3.8) is 0 Å². The SMILES string of the molecule is CN[C@H](CO)Cc1c[nH]c2ccccc12. The summed E-state index contributed by atoms with van der Waals surface area (Å²) in [5.74, 6) is 0. The molecule has 0 fully saturated rings. The minimum Gasteiger partial charge on any atom is -0.395 e. The minimum absolute atomic E-state index is 0.129. The standard InChI is InChI=1S/C12H16N2O/c1-13-10(8-15)6-9-7-14-12-5-3-2-4-11(9)12/h2-5,7,10,13-15H,6,8H2,1H3/t10-/m0/s1. The number of H-pyrrole nitrogens is 1. The summed E-state index contributed by atoms with van der Waals surface area (Å²) in [6, 6.07) is 8.35. The second-order valence-electron chi connectivity index (χ2n) is 3.73. The first-order chi connectivity index (χ1) is 7.35. The van der Waals surface area contributed by atoms with Crippen LogP contribution in [0, 0.1) is 0 Å². The number of aliphatic hydroxyl groups excluding tert-OH is 1. The predicted octanol–water partition coefficient (Wildman–Crippen LogP) is 1.29. The average molecular weight is 204 g/mol. The number of likely N-dealkylation sites (N-methyl/N-ethyl adjacent to an activating group) is 1. The molecule has 1 atom stereocenters. The molecule has 3 nitrogen and oxygen atoms in total. The first-order valence-electron chi connectivity index (χ1n) is 5.18. The van der Waals surface area contributed by atoms with Gasteiger partial charge in [0.2, 0.25) is 0 Å². The van der Waals surface area contributed by atoms with Crippen LogP contribution in [0.3, 0.4) is 0 Å². The molecule has 0 saturated carbocycles. The third-order valence-corrected chi connectivity index (χ3v) is 2.77. The highest BCUT2D eigenvalue weighted by molar-refractivity contribution is 5.83. The van der Waals surface area contributed by atoms with E-state index in [2.05, 4.69) is 22.4 Å². The Hall–Kier alpha value is -1.32. The summed E-state index contributed by atoms with van der Waals surface area (Å²) >= 11 is 0. The molecule has 0 saturated heterocycles. The van der Waals surface area contributed by atoms with Crippen molar-refractivity contribution in [2.24, 2.45) is 0 Å². The summed E-state index contributed by atoms with van der Waals surface area (Å²) in [5, 5.41) is 13.5. The van der Waals surface area contributed by atoms with E-state index < -0.39 is 0 Å². The fraction of sp³-hybridized carbons (Fsp3) is 0.333. The molecule has 80 valence electrons. The van der Waals surface area contributed by atoms with Crippen LogP contribution in [0.25, 0.3) is 10.9 Å². The van der Waals surface area contributed by atoms with Gasteiger partial charge in [-0.15, -0.1) is 0 Å². The van der Waals surface area contributed by atoms with E-state index in [9.17, 15) is 0 Å². The summed E-state index contributed by atoms with van der Waals surface area (Å²) < 4.78 is 0. The normalized spacial score (nSPS) is 13.2. The summed E-state index contributed by atoms with van der Waals surface area (Å²) in [4.78, 5) is 3.23. The molecule has 2 aromatic rings. The number of rotatable bonds is 4. The van der Waals surface area contributed by atoms with Crippen molar-refractivity contribution < 1.29 is 5.11 Å². The van der Waals surface area contributed by atoms with E-state index in [0.717, 1.165) is 11.9 Å². The van der Waals surface area contributed by atoms with Crippen LogP contribution in [0.1, 0.15) is 5.56 Å². The fourth-order valence-corrected chi connectivity index (χ4v) is 1.82. The van der Waals surface area contributed by atoms with Crippen LogP contribution in [0.2, 0.25) is 0 Å². The number of para-hydroxylation sites is 1. The zero-order valence-corrected chi connectivity index (χ0v) is 8.83. The maximum atomic E-state index is 9.12. The monoisotopic (exact) mass is 204 g/mol. The molecular weight excluding hydrogens is 188 g/mol. The Balaban J connectivity index is 2.28. The highest BCUT2D eigenvalue weighted by Crippen LogP contribution is 2.18. The van der Waals surface area contributed by atoms with Gasteiger partial charge in [-0.25, -0.2) is 0 Å². The summed E-state index contributed by atoms with van der Waals surface area (Å²) in [6.07, 6.45) is 2.86. The Morgan fingerprint density at radius 1 is 1.40 bits per heavy atom. The maximum absolute atomic E-state index is 9.12. The number of fused-ring (bicyclic) bond motifs is 1. The van der Waals surface area contributed by atoms with Crippen LogP contribution in [-0.4, -0.2) is 29.8 Å². The van der Waals surface area contributed by atoms with Crippen LogP contribution in [0.4, 0.5) is 0 Å². The molecule has 1 aromatic heterocycles. The smallest absolute Gasteiger partial charge is 0.0587 e. The lowest BCUT2D eigenvalue weighted by atomic mass is 10.1. The Labute approximate surface area is 89.1 Å².